The Balaban J connectivity index is 1.12. The summed E-state index contributed by atoms with van der Waals surface area (Å²) in [5.74, 6) is 0. The highest BCUT2D eigenvalue weighted by molar-refractivity contribution is 6.21. The molecule has 5 heteroatoms. The first-order valence-corrected chi connectivity index (χ1v) is 19.3. The van der Waals surface area contributed by atoms with Crippen molar-refractivity contribution in [3.8, 4) is 50.6 Å². The van der Waals surface area contributed by atoms with Crippen LogP contribution in [0, 0.1) is 0 Å². The number of pyridine rings is 3. The van der Waals surface area contributed by atoms with Crippen molar-refractivity contribution in [3.63, 3.8) is 0 Å². The molecule has 0 saturated heterocycles. The molecule has 11 rings (SSSR count). The van der Waals surface area contributed by atoms with E-state index in [1.54, 1.807) is 0 Å². The van der Waals surface area contributed by atoms with Gasteiger partial charge < -0.3 is 9.88 Å². The molecule has 10 aromatic rings. The lowest BCUT2D eigenvalue weighted by Crippen LogP contribution is -2.16. The topological polar surface area (TPSA) is 55.6 Å². The van der Waals surface area contributed by atoms with Crippen LogP contribution in [0.4, 0.5) is 0 Å². The summed E-state index contributed by atoms with van der Waals surface area (Å²) in [4.78, 5) is 14.9. The fourth-order valence-corrected chi connectivity index (χ4v) is 8.40. The van der Waals surface area contributed by atoms with Gasteiger partial charge in [0.25, 0.3) is 0 Å². The molecule has 0 saturated carbocycles. The van der Waals surface area contributed by atoms with E-state index < -0.39 is 0 Å². The van der Waals surface area contributed by atoms with Crippen molar-refractivity contribution in [1.82, 2.24) is 24.8 Å². The first-order chi connectivity index (χ1) is 28.3. The normalized spacial score (nSPS) is 13.8. The number of para-hydroxylation sites is 3. The molecule has 0 fully saturated rings. The number of nitrogens with zero attached hydrogens (tertiary/aromatic N) is 4. The smallest absolute Gasteiger partial charge is 0.0896 e. The van der Waals surface area contributed by atoms with Gasteiger partial charge in [-0.2, -0.15) is 0 Å². The van der Waals surface area contributed by atoms with Crippen molar-refractivity contribution >= 4 is 43.5 Å². The average Bonchev–Trinajstić information content (AvgIpc) is 3.62. The van der Waals surface area contributed by atoms with Gasteiger partial charge in [0.2, 0.25) is 0 Å². The molecule has 5 heterocycles. The van der Waals surface area contributed by atoms with E-state index in [2.05, 4.69) is 179 Å². The molecular formula is C52H35N5. The molecule has 1 unspecified atom stereocenters. The number of benzene rings is 6. The third-order valence-corrected chi connectivity index (χ3v) is 11.1. The van der Waals surface area contributed by atoms with Crippen LogP contribution in [0.5, 0.6) is 0 Å². The summed E-state index contributed by atoms with van der Waals surface area (Å²) in [7, 11) is 0. The second kappa shape index (κ2) is 13.6. The van der Waals surface area contributed by atoms with Gasteiger partial charge in [0, 0.05) is 44.6 Å². The quantitative estimate of drug-likeness (QED) is 0.173. The van der Waals surface area contributed by atoms with E-state index >= 15 is 0 Å². The highest BCUT2D eigenvalue weighted by Crippen LogP contribution is 2.43. The summed E-state index contributed by atoms with van der Waals surface area (Å²) < 4.78 is 2.44. The van der Waals surface area contributed by atoms with Crippen LogP contribution in [0.1, 0.15) is 11.7 Å². The van der Waals surface area contributed by atoms with Gasteiger partial charge in [-0.25, -0.2) is 9.97 Å². The molecule has 1 aliphatic rings. The van der Waals surface area contributed by atoms with Gasteiger partial charge in [0.05, 0.1) is 45.4 Å². The largest absolute Gasteiger partial charge is 0.379 e. The van der Waals surface area contributed by atoms with E-state index in [0.29, 0.717) is 0 Å². The number of hydrogen-bond donors (Lipinski definition) is 1. The molecule has 5 nitrogen and oxygen atoms in total. The van der Waals surface area contributed by atoms with Gasteiger partial charge in [-0.15, -0.1) is 0 Å². The number of fused-ring (bicyclic) bond motifs is 6. The fraction of sp³-hybridized carbons (Fsp3) is 0.0192. The van der Waals surface area contributed by atoms with Crippen LogP contribution in [0.3, 0.4) is 0 Å². The van der Waals surface area contributed by atoms with Gasteiger partial charge in [-0.1, -0.05) is 127 Å². The van der Waals surface area contributed by atoms with Crippen LogP contribution in [0.2, 0.25) is 0 Å². The van der Waals surface area contributed by atoms with Gasteiger partial charge >= 0.3 is 0 Å². The lowest BCUT2D eigenvalue weighted by molar-refractivity contribution is 0.722. The molecule has 57 heavy (non-hydrogen) atoms. The minimum Gasteiger partial charge on any atom is -0.379 e. The van der Waals surface area contributed by atoms with Crippen LogP contribution in [0.15, 0.2) is 200 Å². The molecule has 1 N–H and O–H groups in total. The van der Waals surface area contributed by atoms with E-state index in [-0.39, 0.29) is 6.04 Å². The summed E-state index contributed by atoms with van der Waals surface area (Å²) in [6, 6.07) is 60.4. The van der Waals surface area contributed by atoms with Crippen molar-refractivity contribution in [2.45, 2.75) is 6.04 Å². The highest BCUT2D eigenvalue weighted by atomic mass is 15.0. The summed E-state index contributed by atoms with van der Waals surface area (Å²) in [5.41, 5.74) is 13.7. The maximum atomic E-state index is 5.25. The minimum absolute atomic E-state index is 0.0246. The van der Waals surface area contributed by atoms with Crippen LogP contribution >= 0.6 is 0 Å². The molecule has 268 valence electrons. The molecule has 0 aliphatic carbocycles. The van der Waals surface area contributed by atoms with E-state index in [1.807, 2.05) is 36.7 Å². The zero-order valence-corrected chi connectivity index (χ0v) is 30.9. The Morgan fingerprint density at radius 1 is 0.491 bits per heavy atom. The van der Waals surface area contributed by atoms with Crippen LogP contribution < -0.4 is 5.32 Å². The fourth-order valence-electron chi connectivity index (χ4n) is 8.40. The second-order valence-corrected chi connectivity index (χ2v) is 14.5. The number of rotatable bonds is 6. The standard InChI is InChI=1S/C52H35N5/c1-3-14-36(15-4-1)51-44-32-43-41-20-13-19-39(52(41)57(38-16-5-2-6-17-38)50(43)33-42(44)40-18-7-8-21-45(40)56-51)35-26-24-34(25-27-35)37-30-48(46-22-9-11-28-53-46)55-49(31-37)47-23-10-12-29-54-47/h1-33,46,53H. The van der Waals surface area contributed by atoms with Crippen molar-refractivity contribution in [1.29, 1.82) is 0 Å². The minimum atomic E-state index is -0.0246. The molecule has 0 radical (unpaired) electrons. The SMILES string of the molecule is C1=CNC(c2cc(-c3ccc(-c4cccc5c6cc7c(-c8ccccc8)nc8ccccc8c7cc6n(-c6ccccc6)c45)cc3)cc(-c3ccccn3)n2)C=C1. The lowest BCUT2D eigenvalue weighted by atomic mass is 9.96. The third kappa shape index (κ3) is 5.68. The molecule has 4 aromatic heterocycles. The number of allylic oxidation sites excluding steroid dienone is 2. The third-order valence-electron chi connectivity index (χ3n) is 11.1. The Morgan fingerprint density at radius 2 is 1.26 bits per heavy atom. The van der Waals surface area contributed by atoms with Crippen molar-refractivity contribution in [3.05, 3.63) is 206 Å². The summed E-state index contributed by atoms with van der Waals surface area (Å²) in [5, 5.41) is 9.32. The summed E-state index contributed by atoms with van der Waals surface area (Å²) in [6.45, 7) is 0. The number of hydrogen-bond acceptors (Lipinski definition) is 4. The van der Waals surface area contributed by atoms with Gasteiger partial charge in [-0.3, -0.25) is 4.98 Å². The predicted molar refractivity (Wildman–Crippen MR) is 235 cm³/mol. The van der Waals surface area contributed by atoms with Crippen LogP contribution in [-0.4, -0.2) is 19.5 Å². The Labute approximate surface area is 330 Å². The zero-order valence-electron chi connectivity index (χ0n) is 30.9. The first-order valence-electron chi connectivity index (χ1n) is 19.3. The number of nitrogens with one attached hydrogen (secondary N) is 1. The monoisotopic (exact) mass is 729 g/mol. The second-order valence-electron chi connectivity index (χ2n) is 14.5. The number of dihydropyridines is 1. The Morgan fingerprint density at radius 3 is 2.07 bits per heavy atom. The molecular weight excluding hydrogens is 695 g/mol. The molecule has 0 spiro atoms. The lowest BCUT2D eigenvalue weighted by Gasteiger charge is -2.18. The van der Waals surface area contributed by atoms with Crippen LogP contribution in [-0.2, 0) is 0 Å². The predicted octanol–water partition coefficient (Wildman–Crippen LogP) is 12.7. The Bertz CT molecular complexity index is 3180. The average molecular weight is 730 g/mol. The van der Waals surface area contributed by atoms with E-state index in [9.17, 15) is 0 Å². The van der Waals surface area contributed by atoms with Crippen LogP contribution in [0.25, 0.3) is 94.1 Å². The van der Waals surface area contributed by atoms with E-state index in [4.69, 9.17) is 9.97 Å². The first kappa shape index (κ1) is 32.8. The molecule has 1 aliphatic heterocycles. The van der Waals surface area contributed by atoms with Crippen molar-refractivity contribution in [2.24, 2.45) is 0 Å². The Kier molecular flexibility index (Phi) is 7.81. The molecule has 0 amide bonds. The van der Waals surface area contributed by atoms with E-state index in [1.165, 1.54) is 27.2 Å². The maximum absolute atomic E-state index is 5.25. The zero-order chi connectivity index (χ0) is 37.7. The molecule has 6 aromatic carbocycles. The van der Waals surface area contributed by atoms with Gasteiger partial charge in [-0.05, 0) is 88.9 Å². The Hall–Kier alpha value is -7.63. The molecule has 0 bridgehead atoms. The van der Waals surface area contributed by atoms with Gasteiger partial charge in [0.15, 0.2) is 0 Å². The highest BCUT2D eigenvalue weighted by Gasteiger charge is 2.20. The number of aromatic nitrogens is 4. The summed E-state index contributed by atoms with van der Waals surface area (Å²) >= 11 is 0. The summed E-state index contributed by atoms with van der Waals surface area (Å²) in [6.07, 6.45) is 9.98. The van der Waals surface area contributed by atoms with Crippen molar-refractivity contribution in [2.75, 3.05) is 0 Å². The van der Waals surface area contributed by atoms with E-state index in [0.717, 1.165) is 72.5 Å². The maximum Gasteiger partial charge on any atom is 0.0896 e. The van der Waals surface area contributed by atoms with Crippen molar-refractivity contribution < 1.29 is 0 Å². The van der Waals surface area contributed by atoms with Gasteiger partial charge in [0.1, 0.15) is 0 Å². The molecule has 1 atom stereocenters.